The first-order valence-corrected chi connectivity index (χ1v) is 8.03. The highest BCUT2D eigenvalue weighted by molar-refractivity contribution is 5.70. The largest absolute Gasteiger partial charge is 0.490 e. The number of aliphatic hydroxyl groups is 1. The normalized spacial score (nSPS) is 17.2. The highest BCUT2D eigenvalue weighted by atomic mass is 16.5. The summed E-state index contributed by atoms with van der Waals surface area (Å²) in [7, 11) is 0. The van der Waals surface area contributed by atoms with Gasteiger partial charge in [-0.15, -0.1) is 0 Å². The van der Waals surface area contributed by atoms with Crippen LogP contribution in [0.3, 0.4) is 0 Å². The summed E-state index contributed by atoms with van der Waals surface area (Å²) in [5, 5.41) is 19.2. The smallest absolute Gasteiger partial charge is 0.306 e. The molecule has 1 atom stereocenters. The number of benzene rings is 1. The van der Waals surface area contributed by atoms with Crippen molar-refractivity contribution in [3.05, 3.63) is 30.3 Å². The van der Waals surface area contributed by atoms with Gasteiger partial charge >= 0.3 is 5.97 Å². The molecule has 0 saturated carbocycles. The van der Waals surface area contributed by atoms with Crippen LogP contribution in [-0.2, 0) is 4.79 Å². The fraction of sp³-hybridized carbons (Fsp3) is 0.444. The maximum atomic E-state index is 10.9. The maximum Gasteiger partial charge on any atom is 0.306 e. The lowest BCUT2D eigenvalue weighted by Gasteiger charge is -2.31. The molecule has 24 heavy (non-hydrogen) atoms. The molecule has 0 amide bonds. The summed E-state index contributed by atoms with van der Waals surface area (Å²) in [5.41, 5.74) is 1.44. The minimum absolute atomic E-state index is 0.153. The zero-order chi connectivity index (χ0) is 17.5. The molecule has 1 aromatic rings. The van der Waals surface area contributed by atoms with Crippen molar-refractivity contribution in [3.63, 3.8) is 0 Å². The summed E-state index contributed by atoms with van der Waals surface area (Å²) in [4.78, 5) is 16.9. The molecule has 1 aromatic carbocycles. The molecule has 1 fully saturated rings. The molecule has 6 nitrogen and oxygen atoms in total. The Hall–Kier alpha value is -2.18. The lowest BCUT2D eigenvalue weighted by atomic mass is 9.97. The van der Waals surface area contributed by atoms with Crippen molar-refractivity contribution in [1.82, 2.24) is 4.90 Å². The molecule has 0 aromatic heterocycles. The van der Waals surface area contributed by atoms with E-state index in [0.717, 1.165) is 5.56 Å². The van der Waals surface area contributed by atoms with Gasteiger partial charge in [0.1, 0.15) is 18.5 Å². The van der Waals surface area contributed by atoms with Gasteiger partial charge in [-0.05, 0) is 44.8 Å². The second-order valence-corrected chi connectivity index (χ2v) is 5.93. The summed E-state index contributed by atoms with van der Waals surface area (Å²) in [6.45, 7) is 9.26. The monoisotopic (exact) mass is 332 g/mol. The van der Waals surface area contributed by atoms with Gasteiger partial charge in [-0.25, -0.2) is 0 Å². The molecule has 1 unspecified atom stereocenters. The summed E-state index contributed by atoms with van der Waals surface area (Å²) in [5.74, 6) is -0.385. The van der Waals surface area contributed by atoms with E-state index in [1.165, 1.54) is 0 Å². The van der Waals surface area contributed by atoms with Gasteiger partial charge in [0.15, 0.2) is 0 Å². The number of carbonyl (C=O) groups is 1. The van der Waals surface area contributed by atoms with E-state index in [1.54, 1.807) is 12.1 Å². The van der Waals surface area contributed by atoms with Crippen LogP contribution in [0.25, 0.3) is 6.08 Å². The van der Waals surface area contributed by atoms with Crippen LogP contribution >= 0.6 is 0 Å². The minimum atomic E-state index is -0.730. The van der Waals surface area contributed by atoms with Crippen molar-refractivity contribution < 1.29 is 19.7 Å². The molecule has 130 valence electrons. The lowest BCUT2D eigenvalue weighted by molar-refractivity contribution is -0.143. The van der Waals surface area contributed by atoms with E-state index in [9.17, 15) is 9.90 Å². The first-order valence-electron chi connectivity index (χ1n) is 8.03. The number of hydrogen-bond acceptors (Lipinski definition) is 5. The van der Waals surface area contributed by atoms with Crippen LogP contribution < -0.4 is 4.74 Å². The van der Waals surface area contributed by atoms with Gasteiger partial charge in [0.2, 0.25) is 0 Å². The number of carboxylic acid groups (broad SMARTS) is 1. The Labute approximate surface area is 142 Å². The quantitative estimate of drug-likeness (QED) is 0.713. The van der Waals surface area contributed by atoms with Gasteiger partial charge in [-0.2, -0.15) is 0 Å². The van der Waals surface area contributed by atoms with Gasteiger partial charge in [0.25, 0.3) is 0 Å². The molecular formula is C18H24N2O4. The molecule has 0 bridgehead atoms. The fourth-order valence-corrected chi connectivity index (χ4v) is 2.90. The third-order valence-electron chi connectivity index (χ3n) is 4.25. The van der Waals surface area contributed by atoms with Crippen molar-refractivity contribution in [2.45, 2.75) is 18.9 Å². The number of hydrogen-bond donors (Lipinski definition) is 2. The molecule has 0 radical (unpaired) electrons. The standard InChI is InChI=1S/C18H24N2O4/c1-3-15-16(19-2)5-4-6-17(15)24-12-14(21)11-20-9-7-13(8-10-20)18(22)23/h3-6,13-14,21H,1-2,7-12H2,(H,22,23). The number of carboxylic acids is 1. The van der Waals surface area contributed by atoms with Crippen LogP contribution in [0.5, 0.6) is 5.75 Å². The number of piperidine rings is 1. The Morgan fingerprint density at radius 2 is 2.17 bits per heavy atom. The third kappa shape index (κ3) is 4.66. The zero-order valence-electron chi connectivity index (χ0n) is 13.7. The Morgan fingerprint density at radius 1 is 1.46 bits per heavy atom. The highest BCUT2D eigenvalue weighted by Gasteiger charge is 2.25. The van der Waals surface area contributed by atoms with Crippen LogP contribution in [0.2, 0.25) is 0 Å². The van der Waals surface area contributed by atoms with Gasteiger partial charge in [-0.1, -0.05) is 18.7 Å². The summed E-state index contributed by atoms with van der Waals surface area (Å²) in [6.07, 6.45) is 2.25. The Kier molecular flexibility index (Phi) is 6.52. The first-order chi connectivity index (χ1) is 11.5. The van der Waals surface area contributed by atoms with Crippen LogP contribution in [0.4, 0.5) is 5.69 Å². The Balaban J connectivity index is 1.84. The van der Waals surface area contributed by atoms with Crippen molar-refractivity contribution >= 4 is 24.5 Å². The van der Waals surface area contributed by atoms with Gasteiger partial charge < -0.3 is 19.8 Å². The average molecular weight is 332 g/mol. The molecule has 1 heterocycles. The molecule has 0 spiro atoms. The molecule has 0 aliphatic carbocycles. The van der Waals surface area contributed by atoms with Gasteiger partial charge in [0.05, 0.1) is 11.6 Å². The molecule has 6 heteroatoms. The van der Waals surface area contributed by atoms with E-state index in [-0.39, 0.29) is 12.5 Å². The van der Waals surface area contributed by atoms with Crippen molar-refractivity contribution in [1.29, 1.82) is 0 Å². The van der Waals surface area contributed by atoms with E-state index in [2.05, 4.69) is 23.2 Å². The topological polar surface area (TPSA) is 82.4 Å². The van der Waals surface area contributed by atoms with Crippen molar-refractivity contribution in [3.8, 4) is 5.75 Å². The maximum absolute atomic E-state index is 10.9. The number of aliphatic hydroxyl groups excluding tert-OH is 1. The second kappa shape index (κ2) is 8.61. The lowest BCUT2D eigenvalue weighted by Crippen LogP contribution is -2.42. The van der Waals surface area contributed by atoms with Crippen LogP contribution in [0, 0.1) is 5.92 Å². The number of ether oxygens (including phenoxy) is 1. The van der Waals surface area contributed by atoms with Crippen LogP contribution in [0.15, 0.2) is 29.8 Å². The molecule has 1 aliphatic heterocycles. The summed E-state index contributed by atoms with van der Waals surface area (Å²) < 4.78 is 5.70. The van der Waals surface area contributed by atoms with Crippen LogP contribution in [0.1, 0.15) is 18.4 Å². The molecular weight excluding hydrogens is 308 g/mol. The van der Waals surface area contributed by atoms with E-state index >= 15 is 0 Å². The fourth-order valence-electron chi connectivity index (χ4n) is 2.90. The zero-order valence-corrected chi connectivity index (χ0v) is 13.7. The number of nitrogens with zero attached hydrogens (tertiary/aromatic N) is 2. The highest BCUT2D eigenvalue weighted by Crippen LogP contribution is 2.29. The average Bonchev–Trinajstić information content (AvgIpc) is 2.59. The number of aliphatic imine (C=N–C) groups is 1. The predicted octanol–water partition coefficient (Wildman–Crippen LogP) is 2.20. The number of β-amino-alcohol motifs (C(OH)–C–C–N with tert-alkyl or cyclic N) is 1. The van der Waals surface area contributed by atoms with E-state index in [1.807, 2.05) is 12.1 Å². The van der Waals surface area contributed by atoms with Crippen molar-refractivity contribution in [2.75, 3.05) is 26.2 Å². The summed E-state index contributed by atoms with van der Waals surface area (Å²) >= 11 is 0. The number of rotatable bonds is 8. The predicted molar refractivity (Wildman–Crippen MR) is 94.0 cm³/mol. The van der Waals surface area contributed by atoms with Gasteiger partial charge in [0, 0.05) is 12.1 Å². The van der Waals surface area contributed by atoms with Crippen LogP contribution in [-0.4, -0.2) is 60.1 Å². The minimum Gasteiger partial charge on any atom is -0.490 e. The first kappa shape index (κ1) is 18.2. The number of likely N-dealkylation sites (tertiary alicyclic amines) is 1. The second-order valence-electron chi connectivity index (χ2n) is 5.93. The Morgan fingerprint density at radius 3 is 2.75 bits per heavy atom. The Bertz CT molecular complexity index is 595. The molecule has 1 saturated heterocycles. The van der Waals surface area contributed by atoms with E-state index in [4.69, 9.17) is 9.84 Å². The van der Waals surface area contributed by atoms with E-state index < -0.39 is 12.1 Å². The van der Waals surface area contributed by atoms with E-state index in [0.29, 0.717) is 43.9 Å². The third-order valence-corrected chi connectivity index (χ3v) is 4.25. The number of aliphatic carboxylic acids is 1. The molecule has 2 N–H and O–H groups in total. The molecule has 1 aliphatic rings. The SMILES string of the molecule is C=Cc1c(N=C)cccc1OCC(O)CN1CCC(C(=O)O)CC1. The summed E-state index contributed by atoms with van der Waals surface area (Å²) in [6, 6.07) is 5.44. The van der Waals surface area contributed by atoms with Crippen molar-refractivity contribution in [2.24, 2.45) is 10.9 Å². The molecule has 2 rings (SSSR count). The van der Waals surface area contributed by atoms with Gasteiger partial charge in [-0.3, -0.25) is 9.79 Å².